The zero-order valence-electron chi connectivity index (χ0n) is 13.4. The Balaban J connectivity index is 1.34. The van der Waals surface area contributed by atoms with E-state index in [0.717, 1.165) is 38.2 Å². The van der Waals surface area contributed by atoms with Crippen LogP contribution in [0.2, 0.25) is 5.02 Å². The second kappa shape index (κ2) is 8.17. The van der Waals surface area contributed by atoms with Crippen LogP contribution in [0.1, 0.15) is 23.2 Å². The van der Waals surface area contributed by atoms with E-state index in [1.807, 2.05) is 24.3 Å². The molecule has 2 aromatic rings. The highest BCUT2D eigenvalue weighted by Crippen LogP contribution is 2.16. The molecule has 3 rings (SSSR count). The standard InChI is InChI=1S/C17H21ClN4O2/c18-14-1-3-16(4-2-14)24-10-9-22-7-5-15(6-8-22)21-17(23)13-11-19-20-12-13/h1-4,11-12,15H,5-10H2,(H,19,20)(H,21,23). The lowest BCUT2D eigenvalue weighted by atomic mass is 10.0. The fraction of sp³-hybridized carbons (Fsp3) is 0.412. The van der Waals surface area contributed by atoms with Gasteiger partial charge < -0.3 is 10.1 Å². The van der Waals surface area contributed by atoms with Crippen molar-refractivity contribution in [2.45, 2.75) is 18.9 Å². The molecular weight excluding hydrogens is 328 g/mol. The third kappa shape index (κ3) is 4.72. The molecular formula is C17H21ClN4O2. The molecule has 0 bridgehead atoms. The van der Waals surface area contributed by atoms with Crippen molar-refractivity contribution in [1.82, 2.24) is 20.4 Å². The van der Waals surface area contributed by atoms with Gasteiger partial charge in [0.15, 0.2) is 0 Å². The number of likely N-dealkylation sites (tertiary alicyclic amines) is 1. The quantitative estimate of drug-likeness (QED) is 0.840. The van der Waals surface area contributed by atoms with Gasteiger partial charge in [0.05, 0.1) is 11.8 Å². The molecule has 1 amide bonds. The van der Waals surface area contributed by atoms with Gasteiger partial charge in [0.2, 0.25) is 0 Å². The second-order valence-electron chi connectivity index (χ2n) is 5.88. The molecule has 1 aliphatic heterocycles. The van der Waals surface area contributed by atoms with E-state index in [1.54, 1.807) is 12.4 Å². The molecule has 6 nitrogen and oxygen atoms in total. The van der Waals surface area contributed by atoms with Crippen LogP contribution in [0.5, 0.6) is 5.75 Å². The number of hydrogen-bond acceptors (Lipinski definition) is 4. The number of carbonyl (C=O) groups excluding carboxylic acids is 1. The van der Waals surface area contributed by atoms with Crippen molar-refractivity contribution in [3.8, 4) is 5.75 Å². The third-order valence-electron chi connectivity index (χ3n) is 4.17. The molecule has 1 aliphatic rings. The number of amides is 1. The number of carbonyl (C=O) groups is 1. The predicted octanol–water partition coefficient (Wildman–Crippen LogP) is 2.34. The Morgan fingerprint density at radius 2 is 2.08 bits per heavy atom. The second-order valence-corrected chi connectivity index (χ2v) is 6.32. The van der Waals surface area contributed by atoms with Gasteiger partial charge in [-0.15, -0.1) is 0 Å². The summed E-state index contributed by atoms with van der Waals surface area (Å²) in [5.74, 6) is 0.773. The van der Waals surface area contributed by atoms with Crippen LogP contribution in [-0.2, 0) is 0 Å². The average molecular weight is 349 g/mol. The molecule has 1 aromatic heterocycles. The maximum Gasteiger partial charge on any atom is 0.254 e. The van der Waals surface area contributed by atoms with Crippen molar-refractivity contribution in [2.24, 2.45) is 0 Å². The first-order valence-corrected chi connectivity index (χ1v) is 8.49. The smallest absolute Gasteiger partial charge is 0.254 e. The van der Waals surface area contributed by atoms with Gasteiger partial charge in [-0.25, -0.2) is 0 Å². The van der Waals surface area contributed by atoms with E-state index in [0.29, 0.717) is 17.2 Å². The number of halogens is 1. The summed E-state index contributed by atoms with van der Waals surface area (Å²) in [5.41, 5.74) is 0.578. The molecule has 128 valence electrons. The number of aromatic nitrogens is 2. The summed E-state index contributed by atoms with van der Waals surface area (Å²) in [4.78, 5) is 14.4. The molecule has 1 fully saturated rings. The maximum absolute atomic E-state index is 12.0. The van der Waals surface area contributed by atoms with Gasteiger partial charge in [-0.2, -0.15) is 5.10 Å². The normalized spacial score (nSPS) is 16.0. The number of rotatable bonds is 6. The van der Waals surface area contributed by atoms with Crippen molar-refractivity contribution in [2.75, 3.05) is 26.2 Å². The Morgan fingerprint density at radius 3 is 2.75 bits per heavy atom. The molecule has 0 spiro atoms. The van der Waals surface area contributed by atoms with Crippen LogP contribution < -0.4 is 10.1 Å². The molecule has 0 saturated carbocycles. The van der Waals surface area contributed by atoms with Crippen molar-refractivity contribution in [3.63, 3.8) is 0 Å². The van der Waals surface area contributed by atoms with Crippen LogP contribution >= 0.6 is 11.6 Å². The highest BCUT2D eigenvalue weighted by molar-refractivity contribution is 6.30. The number of aromatic amines is 1. The number of hydrogen-bond donors (Lipinski definition) is 2. The topological polar surface area (TPSA) is 70.2 Å². The minimum Gasteiger partial charge on any atom is -0.492 e. The largest absolute Gasteiger partial charge is 0.492 e. The Labute approximate surface area is 146 Å². The molecule has 24 heavy (non-hydrogen) atoms. The molecule has 1 saturated heterocycles. The summed E-state index contributed by atoms with van der Waals surface area (Å²) < 4.78 is 5.72. The SMILES string of the molecule is O=C(NC1CCN(CCOc2ccc(Cl)cc2)CC1)c1cn[nH]c1. The number of benzene rings is 1. The minimum absolute atomic E-state index is 0.0618. The molecule has 2 N–H and O–H groups in total. The van der Waals surface area contributed by atoms with Crippen molar-refractivity contribution in [1.29, 1.82) is 0 Å². The van der Waals surface area contributed by atoms with Crippen LogP contribution in [0, 0.1) is 0 Å². The van der Waals surface area contributed by atoms with E-state index >= 15 is 0 Å². The predicted molar refractivity (Wildman–Crippen MR) is 92.5 cm³/mol. The van der Waals surface area contributed by atoms with E-state index in [9.17, 15) is 4.79 Å². The van der Waals surface area contributed by atoms with Gasteiger partial charge in [0.25, 0.3) is 5.91 Å². The number of nitrogens with one attached hydrogen (secondary N) is 2. The van der Waals surface area contributed by atoms with Gasteiger partial charge >= 0.3 is 0 Å². The third-order valence-corrected chi connectivity index (χ3v) is 4.43. The first kappa shape index (κ1) is 16.8. The fourth-order valence-electron chi connectivity index (χ4n) is 2.77. The van der Waals surface area contributed by atoms with E-state index < -0.39 is 0 Å². The molecule has 7 heteroatoms. The first-order valence-electron chi connectivity index (χ1n) is 8.11. The number of piperidine rings is 1. The molecule has 0 aliphatic carbocycles. The molecule has 0 atom stereocenters. The van der Waals surface area contributed by atoms with Crippen LogP contribution in [0.3, 0.4) is 0 Å². The molecule has 0 unspecified atom stereocenters. The highest BCUT2D eigenvalue weighted by atomic mass is 35.5. The summed E-state index contributed by atoms with van der Waals surface area (Å²) in [6.45, 7) is 3.44. The van der Waals surface area contributed by atoms with Crippen molar-refractivity contribution in [3.05, 3.63) is 47.2 Å². The van der Waals surface area contributed by atoms with Crippen LogP contribution in [-0.4, -0.2) is 53.3 Å². The maximum atomic E-state index is 12.0. The minimum atomic E-state index is -0.0618. The summed E-state index contributed by atoms with van der Waals surface area (Å²) in [6.07, 6.45) is 5.05. The van der Waals surface area contributed by atoms with Crippen LogP contribution in [0.25, 0.3) is 0 Å². The fourth-order valence-corrected chi connectivity index (χ4v) is 2.89. The number of nitrogens with zero attached hydrogens (tertiary/aromatic N) is 2. The van der Waals surface area contributed by atoms with E-state index in [1.165, 1.54) is 0 Å². The average Bonchev–Trinajstić information content (AvgIpc) is 3.13. The van der Waals surface area contributed by atoms with Crippen LogP contribution in [0.15, 0.2) is 36.7 Å². The van der Waals surface area contributed by atoms with E-state index in [-0.39, 0.29) is 11.9 Å². The van der Waals surface area contributed by atoms with Gasteiger partial charge in [0.1, 0.15) is 12.4 Å². The van der Waals surface area contributed by atoms with Crippen molar-refractivity contribution < 1.29 is 9.53 Å². The van der Waals surface area contributed by atoms with Gasteiger partial charge in [-0.1, -0.05) is 11.6 Å². The Hall–Kier alpha value is -2.05. The summed E-state index contributed by atoms with van der Waals surface area (Å²) in [5, 5.41) is 10.2. The number of H-pyrrole nitrogens is 1. The molecule has 2 heterocycles. The van der Waals surface area contributed by atoms with Gasteiger partial charge in [-0.05, 0) is 37.1 Å². The Bertz CT molecular complexity index is 637. The lowest BCUT2D eigenvalue weighted by Gasteiger charge is -2.32. The monoisotopic (exact) mass is 348 g/mol. The van der Waals surface area contributed by atoms with Crippen LogP contribution in [0.4, 0.5) is 0 Å². The highest BCUT2D eigenvalue weighted by Gasteiger charge is 2.21. The zero-order valence-corrected chi connectivity index (χ0v) is 14.1. The first-order chi connectivity index (χ1) is 11.7. The van der Waals surface area contributed by atoms with Gasteiger partial charge in [0, 0.05) is 36.9 Å². The lowest BCUT2D eigenvalue weighted by molar-refractivity contribution is 0.0905. The van der Waals surface area contributed by atoms with Crippen molar-refractivity contribution >= 4 is 17.5 Å². The van der Waals surface area contributed by atoms with Gasteiger partial charge in [-0.3, -0.25) is 14.8 Å². The van der Waals surface area contributed by atoms with E-state index in [2.05, 4.69) is 20.4 Å². The lowest BCUT2D eigenvalue weighted by Crippen LogP contribution is -2.45. The Kier molecular flexibility index (Phi) is 5.72. The summed E-state index contributed by atoms with van der Waals surface area (Å²) in [7, 11) is 0. The van der Waals surface area contributed by atoms with E-state index in [4.69, 9.17) is 16.3 Å². The molecule has 1 aromatic carbocycles. The Morgan fingerprint density at radius 1 is 1.33 bits per heavy atom. The molecule has 0 radical (unpaired) electrons. The zero-order chi connectivity index (χ0) is 16.8. The summed E-state index contributed by atoms with van der Waals surface area (Å²) >= 11 is 5.85. The number of ether oxygens (including phenoxy) is 1. The summed E-state index contributed by atoms with van der Waals surface area (Å²) in [6, 6.07) is 7.62.